The van der Waals surface area contributed by atoms with E-state index in [0.29, 0.717) is 5.56 Å². The van der Waals surface area contributed by atoms with Crippen LogP contribution in [-0.2, 0) is 11.2 Å². The Balaban J connectivity index is 2.75. The summed E-state index contributed by atoms with van der Waals surface area (Å²) in [7, 11) is 0. The number of hydrogen-bond donors (Lipinski definition) is 3. The SMILES string of the molecule is C#Cc1c[nH]cc1CC(N)C(=O)O. The molecule has 4 nitrogen and oxygen atoms in total. The van der Waals surface area contributed by atoms with Crippen molar-refractivity contribution in [2.45, 2.75) is 12.5 Å². The van der Waals surface area contributed by atoms with Crippen LogP contribution in [0.1, 0.15) is 11.1 Å². The van der Waals surface area contributed by atoms with Gasteiger partial charge >= 0.3 is 5.97 Å². The van der Waals surface area contributed by atoms with Crippen LogP contribution in [0.4, 0.5) is 0 Å². The quantitative estimate of drug-likeness (QED) is 0.568. The predicted octanol–water partition coefficient (Wildman–Crippen LogP) is -0.0496. The fourth-order valence-electron chi connectivity index (χ4n) is 1.02. The molecule has 0 saturated carbocycles. The molecule has 0 amide bonds. The molecular formula is C9H10N2O2. The van der Waals surface area contributed by atoms with Crippen LogP contribution in [0.25, 0.3) is 0 Å². The van der Waals surface area contributed by atoms with E-state index in [1.165, 1.54) is 0 Å². The highest BCUT2D eigenvalue weighted by Crippen LogP contribution is 2.08. The molecule has 1 heterocycles. The van der Waals surface area contributed by atoms with Crippen molar-refractivity contribution in [2.24, 2.45) is 5.73 Å². The summed E-state index contributed by atoms with van der Waals surface area (Å²) in [6.07, 6.45) is 8.74. The van der Waals surface area contributed by atoms with E-state index in [1.807, 2.05) is 0 Å². The van der Waals surface area contributed by atoms with Crippen molar-refractivity contribution in [3.05, 3.63) is 23.5 Å². The Morgan fingerprint density at radius 1 is 1.77 bits per heavy atom. The van der Waals surface area contributed by atoms with Gasteiger partial charge in [-0.15, -0.1) is 6.42 Å². The minimum absolute atomic E-state index is 0.248. The molecule has 0 radical (unpaired) electrons. The first-order valence-corrected chi connectivity index (χ1v) is 3.75. The summed E-state index contributed by atoms with van der Waals surface area (Å²) in [6.45, 7) is 0. The first kappa shape index (κ1) is 9.36. The second-order valence-corrected chi connectivity index (χ2v) is 2.69. The van der Waals surface area contributed by atoms with Gasteiger partial charge in [0.1, 0.15) is 6.04 Å². The minimum atomic E-state index is -1.02. The molecule has 1 atom stereocenters. The monoisotopic (exact) mass is 178 g/mol. The number of aliphatic carboxylic acids is 1. The van der Waals surface area contributed by atoms with E-state index in [2.05, 4.69) is 10.9 Å². The Kier molecular flexibility index (Phi) is 2.72. The third-order valence-electron chi connectivity index (χ3n) is 1.74. The van der Waals surface area contributed by atoms with Crippen LogP contribution in [-0.4, -0.2) is 22.1 Å². The van der Waals surface area contributed by atoms with E-state index < -0.39 is 12.0 Å². The summed E-state index contributed by atoms with van der Waals surface area (Å²) in [5.41, 5.74) is 6.77. The average molecular weight is 178 g/mol. The third kappa shape index (κ3) is 2.10. The van der Waals surface area contributed by atoms with Crippen LogP contribution < -0.4 is 5.73 Å². The molecular weight excluding hydrogens is 168 g/mol. The number of aromatic amines is 1. The van der Waals surface area contributed by atoms with Gasteiger partial charge in [0.2, 0.25) is 0 Å². The Morgan fingerprint density at radius 3 is 3.00 bits per heavy atom. The Hall–Kier alpha value is -1.73. The summed E-state index contributed by atoms with van der Waals surface area (Å²) in [6, 6.07) is -0.900. The number of aromatic nitrogens is 1. The van der Waals surface area contributed by atoms with Crippen LogP contribution in [0.15, 0.2) is 12.4 Å². The Bertz CT molecular complexity index is 349. The molecule has 0 aliphatic heterocycles. The summed E-state index contributed by atoms with van der Waals surface area (Å²) >= 11 is 0. The topological polar surface area (TPSA) is 79.1 Å². The number of rotatable bonds is 3. The van der Waals surface area contributed by atoms with Crippen LogP contribution in [0.2, 0.25) is 0 Å². The number of carbonyl (C=O) groups is 1. The van der Waals surface area contributed by atoms with Crippen molar-refractivity contribution in [3.63, 3.8) is 0 Å². The number of nitrogens with one attached hydrogen (secondary N) is 1. The molecule has 1 aromatic heterocycles. The molecule has 1 aromatic rings. The summed E-state index contributed by atoms with van der Waals surface area (Å²) in [5, 5.41) is 8.56. The molecule has 0 aliphatic rings. The zero-order chi connectivity index (χ0) is 9.84. The highest BCUT2D eigenvalue weighted by Gasteiger charge is 2.14. The number of terminal acetylenes is 1. The fourth-order valence-corrected chi connectivity index (χ4v) is 1.02. The van der Waals surface area contributed by atoms with Crippen LogP contribution in [0.3, 0.4) is 0 Å². The predicted molar refractivity (Wildman–Crippen MR) is 48.0 cm³/mol. The van der Waals surface area contributed by atoms with Crippen LogP contribution in [0, 0.1) is 12.3 Å². The maximum absolute atomic E-state index is 10.4. The van der Waals surface area contributed by atoms with Crippen LogP contribution >= 0.6 is 0 Å². The first-order valence-electron chi connectivity index (χ1n) is 3.75. The largest absolute Gasteiger partial charge is 0.480 e. The molecule has 0 saturated heterocycles. The second-order valence-electron chi connectivity index (χ2n) is 2.69. The number of nitrogens with two attached hydrogens (primary N) is 1. The Morgan fingerprint density at radius 2 is 2.46 bits per heavy atom. The van der Waals surface area contributed by atoms with E-state index >= 15 is 0 Å². The smallest absolute Gasteiger partial charge is 0.320 e. The molecule has 1 unspecified atom stereocenters. The Labute approximate surface area is 75.8 Å². The highest BCUT2D eigenvalue weighted by molar-refractivity contribution is 5.73. The number of carboxylic acids is 1. The van der Waals surface area contributed by atoms with Gasteiger partial charge in [-0.2, -0.15) is 0 Å². The van der Waals surface area contributed by atoms with Crippen molar-refractivity contribution >= 4 is 5.97 Å². The molecule has 0 fully saturated rings. The van der Waals surface area contributed by atoms with E-state index in [1.54, 1.807) is 12.4 Å². The zero-order valence-electron chi connectivity index (χ0n) is 6.95. The minimum Gasteiger partial charge on any atom is -0.480 e. The van der Waals surface area contributed by atoms with Gasteiger partial charge in [0, 0.05) is 24.4 Å². The van der Waals surface area contributed by atoms with Crippen molar-refractivity contribution in [1.29, 1.82) is 0 Å². The van der Waals surface area contributed by atoms with Gasteiger partial charge in [-0.3, -0.25) is 4.79 Å². The van der Waals surface area contributed by atoms with Crippen molar-refractivity contribution in [2.75, 3.05) is 0 Å². The molecule has 4 heteroatoms. The third-order valence-corrected chi connectivity index (χ3v) is 1.74. The number of hydrogen-bond acceptors (Lipinski definition) is 2. The summed E-state index contributed by atoms with van der Waals surface area (Å²) < 4.78 is 0. The van der Waals surface area contributed by atoms with Gasteiger partial charge < -0.3 is 15.8 Å². The standard InChI is InChI=1S/C9H10N2O2/c1-2-6-4-11-5-7(6)3-8(10)9(12)13/h1,4-5,8,11H,3,10H2,(H,12,13). The second kappa shape index (κ2) is 3.78. The van der Waals surface area contributed by atoms with Gasteiger partial charge in [0.25, 0.3) is 0 Å². The summed E-state index contributed by atoms with van der Waals surface area (Å²) in [4.78, 5) is 13.2. The van der Waals surface area contributed by atoms with Gasteiger partial charge in [-0.1, -0.05) is 5.92 Å². The number of carboxylic acid groups (broad SMARTS) is 1. The van der Waals surface area contributed by atoms with Crippen molar-refractivity contribution in [1.82, 2.24) is 4.98 Å². The van der Waals surface area contributed by atoms with E-state index in [0.717, 1.165) is 5.56 Å². The van der Waals surface area contributed by atoms with Gasteiger partial charge in [0.05, 0.1) is 0 Å². The fraction of sp³-hybridized carbons (Fsp3) is 0.222. The maximum atomic E-state index is 10.4. The molecule has 0 bridgehead atoms. The number of H-pyrrole nitrogens is 1. The van der Waals surface area contributed by atoms with Crippen molar-refractivity contribution < 1.29 is 9.90 Å². The highest BCUT2D eigenvalue weighted by atomic mass is 16.4. The zero-order valence-corrected chi connectivity index (χ0v) is 6.95. The molecule has 1 rings (SSSR count). The molecule has 0 aliphatic carbocycles. The van der Waals surface area contributed by atoms with Gasteiger partial charge in [-0.05, 0) is 5.56 Å². The lowest BCUT2D eigenvalue weighted by Crippen LogP contribution is -2.32. The van der Waals surface area contributed by atoms with Gasteiger partial charge in [-0.25, -0.2) is 0 Å². The lowest BCUT2D eigenvalue weighted by Gasteiger charge is -2.04. The lowest BCUT2D eigenvalue weighted by atomic mass is 10.1. The average Bonchev–Trinajstić information content (AvgIpc) is 2.51. The molecule has 4 N–H and O–H groups in total. The van der Waals surface area contributed by atoms with E-state index in [4.69, 9.17) is 17.3 Å². The van der Waals surface area contributed by atoms with Crippen LogP contribution in [0.5, 0.6) is 0 Å². The van der Waals surface area contributed by atoms with Crippen molar-refractivity contribution in [3.8, 4) is 12.3 Å². The molecule has 13 heavy (non-hydrogen) atoms. The lowest BCUT2D eigenvalue weighted by molar-refractivity contribution is -0.138. The first-order chi connectivity index (χ1) is 6.15. The summed E-state index contributed by atoms with van der Waals surface area (Å²) in [5.74, 6) is 1.42. The van der Waals surface area contributed by atoms with E-state index in [9.17, 15) is 4.79 Å². The maximum Gasteiger partial charge on any atom is 0.320 e. The normalized spacial score (nSPS) is 12.0. The molecule has 0 spiro atoms. The van der Waals surface area contributed by atoms with Gasteiger partial charge in [0.15, 0.2) is 0 Å². The molecule has 0 aromatic carbocycles. The molecule has 68 valence electrons. The van der Waals surface area contributed by atoms with E-state index in [-0.39, 0.29) is 6.42 Å².